The molecule has 5 nitrogen and oxygen atoms in total. The van der Waals surface area contributed by atoms with E-state index in [4.69, 9.17) is 0 Å². The summed E-state index contributed by atoms with van der Waals surface area (Å²) in [4.78, 5) is 26.0. The molecule has 0 saturated carbocycles. The number of hydrogen-bond donors (Lipinski definition) is 2. The predicted molar refractivity (Wildman–Crippen MR) is 105 cm³/mol. The lowest BCUT2D eigenvalue weighted by Crippen LogP contribution is -2.31. The summed E-state index contributed by atoms with van der Waals surface area (Å²) in [5.41, 5.74) is 3.88. The summed E-state index contributed by atoms with van der Waals surface area (Å²) in [5, 5.41) is 5.67. The van der Waals surface area contributed by atoms with Crippen molar-refractivity contribution < 1.29 is 9.59 Å². The van der Waals surface area contributed by atoms with E-state index in [9.17, 15) is 9.59 Å². The zero-order chi connectivity index (χ0) is 18.9. The monoisotopic (exact) mass is 353 g/mol. The lowest BCUT2D eigenvalue weighted by molar-refractivity contribution is -0.130. The van der Waals surface area contributed by atoms with Crippen LogP contribution in [0.3, 0.4) is 0 Å². The quantitative estimate of drug-likeness (QED) is 0.797. The van der Waals surface area contributed by atoms with Gasteiger partial charge in [0.2, 0.25) is 5.91 Å². The number of benzene rings is 2. The van der Waals surface area contributed by atoms with Crippen LogP contribution in [0, 0.1) is 6.92 Å². The summed E-state index contributed by atoms with van der Waals surface area (Å²) in [6, 6.07) is 15.1. The molecule has 0 heterocycles. The minimum absolute atomic E-state index is 0.117. The number of likely N-dealkylation sites (N-methyl/N-ethyl adjacent to an activating group) is 1. The van der Waals surface area contributed by atoms with E-state index in [0.717, 1.165) is 29.8 Å². The normalized spacial score (nSPS) is 10.3. The fourth-order valence-corrected chi connectivity index (χ4v) is 2.73. The maximum absolute atomic E-state index is 12.1. The zero-order valence-electron chi connectivity index (χ0n) is 15.7. The van der Waals surface area contributed by atoms with Crippen molar-refractivity contribution in [1.82, 2.24) is 10.2 Å². The molecule has 0 fully saturated rings. The molecule has 0 aliphatic rings. The first kappa shape index (κ1) is 19.5. The molecule has 0 saturated heterocycles. The third-order valence-corrected chi connectivity index (χ3v) is 4.38. The standard InChI is InChI=1S/C21H27N3O2/c1-4-24(5-2)20(25)14-17-10-12-19(13-11-17)23-21(26)22-15-18-9-7-6-8-16(18)3/h6-13H,4-5,14-15H2,1-3H3,(H2,22,23,26). The Morgan fingerprint density at radius 1 is 0.962 bits per heavy atom. The topological polar surface area (TPSA) is 61.4 Å². The van der Waals surface area contributed by atoms with Crippen LogP contribution in [-0.2, 0) is 17.8 Å². The van der Waals surface area contributed by atoms with Crippen LogP contribution in [0.5, 0.6) is 0 Å². The van der Waals surface area contributed by atoms with Gasteiger partial charge in [0.25, 0.3) is 0 Å². The number of nitrogens with zero attached hydrogens (tertiary/aromatic N) is 1. The van der Waals surface area contributed by atoms with E-state index in [1.165, 1.54) is 0 Å². The molecule has 3 amide bonds. The second-order valence-corrected chi connectivity index (χ2v) is 6.17. The van der Waals surface area contributed by atoms with Crippen molar-refractivity contribution in [1.29, 1.82) is 0 Å². The first-order valence-electron chi connectivity index (χ1n) is 8.99. The van der Waals surface area contributed by atoms with Gasteiger partial charge in [-0.2, -0.15) is 0 Å². The Kier molecular flexibility index (Phi) is 7.21. The van der Waals surface area contributed by atoms with Gasteiger partial charge in [0, 0.05) is 25.3 Å². The maximum atomic E-state index is 12.1. The Hall–Kier alpha value is -2.82. The molecule has 0 spiro atoms. The van der Waals surface area contributed by atoms with Gasteiger partial charge in [0.1, 0.15) is 0 Å². The SMILES string of the molecule is CCN(CC)C(=O)Cc1ccc(NC(=O)NCc2ccccc2C)cc1. The van der Waals surface area contributed by atoms with Gasteiger partial charge in [-0.05, 0) is 49.6 Å². The fourth-order valence-electron chi connectivity index (χ4n) is 2.73. The van der Waals surface area contributed by atoms with Crippen LogP contribution in [0.2, 0.25) is 0 Å². The van der Waals surface area contributed by atoms with Crippen LogP contribution < -0.4 is 10.6 Å². The molecule has 0 aliphatic heterocycles. The average molecular weight is 353 g/mol. The van der Waals surface area contributed by atoms with E-state index in [1.54, 1.807) is 0 Å². The molecule has 0 radical (unpaired) electrons. The number of carbonyl (C=O) groups excluding carboxylic acids is 2. The molecule has 5 heteroatoms. The number of hydrogen-bond acceptors (Lipinski definition) is 2. The zero-order valence-corrected chi connectivity index (χ0v) is 15.7. The van der Waals surface area contributed by atoms with Gasteiger partial charge in [-0.1, -0.05) is 36.4 Å². The van der Waals surface area contributed by atoms with Crippen molar-refractivity contribution in [2.45, 2.75) is 33.7 Å². The van der Waals surface area contributed by atoms with E-state index >= 15 is 0 Å². The van der Waals surface area contributed by atoms with Crippen LogP contribution in [0.1, 0.15) is 30.5 Å². The third kappa shape index (κ3) is 5.62. The molecule has 2 aromatic rings. The highest BCUT2D eigenvalue weighted by Gasteiger charge is 2.10. The molecule has 0 aromatic heterocycles. The first-order chi connectivity index (χ1) is 12.5. The second kappa shape index (κ2) is 9.61. The maximum Gasteiger partial charge on any atom is 0.319 e. The van der Waals surface area contributed by atoms with Gasteiger partial charge < -0.3 is 15.5 Å². The van der Waals surface area contributed by atoms with Crippen molar-refractivity contribution in [3.05, 3.63) is 65.2 Å². The number of amides is 3. The number of anilines is 1. The number of carbonyl (C=O) groups is 2. The van der Waals surface area contributed by atoms with Crippen molar-refractivity contribution in [2.24, 2.45) is 0 Å². The van der Waals surface area contributed by atoms with Crippen LogP contribution in [0.4, 0.5) is 10.5 Å². The van der Waals surface area contributed by atoms with Crippen molar-refractivity contribution >= 4 is 17.6 Å². The van der Waals surface area contributed by atoms with E-state index in [-0.39, 0.29) is 11.9 Å². The summed E-state index contributed by atoms with van der Waals surface area (Å²) in [7, 11) is 0. The number of aryl methyl sites for hydroxylation is 1. The largest absolute Gasteiger partial charge is 0.343 e. The number of urea groups is 1. The van der Waals surface area contributed by atoms with Crippen LogP contribution in [0.25, 0.3) is 0 Å². The van der Waals surface area contributed by atoms with Gasteiger partial charge in [0.05, 0.1) is 6.42 Å². The molecule has 2 N–H and O–H groups in total. The van der Waals surface area contributed by atoms with E-state index < -0.39 is 0 Å². The number of nitrogens with one attached hydrogen (secondary N) is 2. The van der Waals surface area contributed by atoms with E-state index in [1.807, 2.05) is 74.2 Å². The minimum atomic E-state index is -0.250. The van der Waals surface area contributed by atoms with Crippen molar-refractivity contribution in [2.75, 3.05) is 18.4 Å². The van der Waals surface area contributed by atoms with Gasteiger partial charge in [-0.15, -0.1) is 0 Å². The Morgan fingerprint density at radius 2 is 1.62 bits per heavy atom. The smallest absolute Gasteiger partial charge is 0.319 e. The van der Waals surface area contributed by atoms with Crippen molar-refractivity contribution in [3.63, 3.8) is 0 Å². The van der Waals surface area contributed by atoms with Gasteiger partial charge >= 0.3 is 6.03 Å². The third-order valence-electron chi connectivity index (χ3n) is 4.38. The Morgan fingerprint density at radius 3 is 2.23 bits per heavy atom. The summed E-state index contributed by atoms with van der Waals surface area (Å²) in [6.45, 7) is 7.89. The lowest BCUT2D eigenvalue weighted by atomic mass is 10.1. The minimum Gasteiger partial charge on any atom is -0.343 e. The molecule has 0 aliphatic carbocycles. The fraction of sp³-hybridized carbons (Fsp3) is 0.333. The van der Waals surface area contributed by atoms with E-state index in [2.05, 4.69) is 10.6 Å². The summed E-state index contributed by atoms with van der Waals surface area (Å²) < 4.78 is 0. The highest BCUT2D eigenvalue weighted by Crippen LogP contribution is 2.11. The summed E-state index contributed by atoms with van der Waals surface area (Å²) in [5.74, 6) is 0.117. The van der Waals surface area contributed by atoms with Crippen molar-refractivity contribution in [3.8, 4) is 0 Å². The molecule has 0 unspecified atom stereocenters. The molecular formula is C21H27N3O2. The second-order valence-electron chi connectivity index (χ2n) is 6.17. The van der Waals surface area contributed by atoms with Crippen LogP contribution in [0.15, 0.2) is 48.5 Å². The Bertz CT molecular complexity index is 737. The molecule has 2 rings (SSSR count). The predicted octanol–water partition coefficient (Wildman–Crippen LogP) is 3.73. The van der Waals surface area contributed by atoms with Crippen LogP contribution >= 0.6 is 0 Å². The lowest BCUT2D eigenvalue weighted by Gasteiger charge is -2.18. The molecule has 138 valence electrons. The highest BCUT2D eigenvalue weighted by atomic mass is 16.2. The van der Waals surface area contributed by atoms with Gasteiger partial charge in [0.15, 0.2) is 0 Å². The first-order valence-corrected chi connectivity index (χ1v) is 8.99. The Balaban J connectivity index is 1.85. The molecular weight excluding hydrogens is 326 g/mol. The van der Waals surface area contributed by atoms with Crippen LogP contribution in [-0.4, -0.2) is 29.9 Å². The molecule has 0 bridgehead atoms. The number of rotatable bonds is 7. The van der Waals surface area contributed by atoms with E-state index in [0.29, 0.717) is 18.7 Å². The highest BCUT2D eigenvalue weighted by molar-refractivity contribution is 5.89. The summed E-state index contributed by atoms with van der Waals surface area (Å²) in [6.07, 6.45) is 0.376. The molecule has 0 atom stereocenters. The average Bonchev–Trinajstić information content (AvgIpc) is 2.64. The molecule has 2 aromatic carbocycles. The van der Waals surface area contributed by atoms with Gasteiger partial charge in [-0.3, -0.25) is 4.79 Å². The molecule has 26 heavy (non-hydrogen) atoms. The Labute approximate surface area is 155 Å². The van der Waals surface area contributed by atoms with Gasteiger partial charge in [-0.25, -0.2) is 4.79 Å². The summed E-state index contributed by atoms with van der Waals surface area (Å²) >= 11 is 0.